The zero-order valence-corrected chi connectivity index (χ0v) is 17.8. The van der Waals surface area contributed by atoms with Crippen molar-refractivity contribution in [2.45, 2.75) is 38.4 Å². The third kappa shape index (κ3) is 3.72. The van der Waals surface area contributed by atoms with E-state index in [-0.39, 0.29) is 11.5 Å². The predicted molar refractivity (Wildman–Crippen MR) is 112 cm³/mol. The van der Waals surface area contributed by atoms with E-state index in [4.69, 9.17) is 13.9 Å². The molecule has 0 saturated carbocycles. The van der Waals surface area contributed by atoms with Gasteiger partial charge in [0.25, 0.3) is 5.91 Å². The van der Waals surface area contributed by atoms with E-state index in [0.29, 0.717) is 37.8 Å². The van der Waals surface area contributed by atoms with Crippen LogP contribution in [0.4, 0.5) is 0 Å². The van der Waals surface area contributed by atoms with Gasteiger partial charge in [0, 0.05) is 31.9 Å². The van der Waals surface area contributed by atoms with Crippen LogP contribution in [0.25, 0.3) is 0 Å². The van der Waals surface area contributed by atoms with E-state index in [1.54, 1.807) is 11.6 Å². The van der Waals surface area contributed by atoms with Crippen LogP contribution in [0.5, 0.6) is 5.75 Å². The highest BCUT2D eigenvalue weighted by Gasteiger charge is 2.42. The highest BCUT2D eigenvalue weighted by atomic mass is 16.5. The van der Waals surface area contributed by atoms with Gasteiger partial charge in [-0.2, -0.15) is 5.10 Å². The van der Waals surface area contributed by atoms with Gasteiger partial charge in [0.1, 0.15) is 18.1 Å². The van der Waals surface area contributed by atoms with Crippen LogP contribution >= 0.6 is 0 Å². The number of aromatic nitrogens is 3. The number of amides is 1. The highest BCUT2D eigenvalue weighted by molar-refractivity contribution is 5.93. The first-order valence-electron chi connectivity index (χ1n) is 10.6. The molecule has 2 aliphatic heterocycles. The first kappa shape index (κ1) is 19.8. The number of nitrogens with zero attached hydrogens (tertiary/aromatic N) is 4. The van der Waals surface area contributed by atoms with Crippen LogP contribution < -0.4 is 4.74 Å². The van der Waals surface area contributed by atoms with Crippen molar-refractivity contribution in [1.29, 1.82) is 0 Å². The quantitative estimate of drug-likeness (QED) is 0.643. The molecule has 5 rings (SSSR count). The Labute approximate surface area is 180 Å². The SMILES string of the molecule is Cc1ocnc1C(=O)N1CCC2(CC1)OCCc1cc(OCc3cnn(C)c3)ccc12. The van der Waals surface area contributed by atoms with Crippen molar-refractivity contribution >= 4 is 5.91 Å². The molecule has 8 nitrogen and oxygen atoms in total. The zero-order chi connectivity index (χ0) is 21.4. The van der Waals surface area contributed by atoms with Crippen molar-refractivity contribution in [1.82, 2.24) is 19.7 Å². The molecule has 31 heavy (non-hydrogen) atoms. The van der Waals surface area contributed by atoms with Crippen LogP contribution in [-0.4, -0.2) is 45.3 Å². The minimum absolute atomic E-state index is 0.0729. The standard InChI is InChI=1S/C23H26N4O4/c1-16-21(24-15-30-16)22(28)27-8-6-23(7-9-27)20-4-3-19(11-18(20)5-10-31-23)29-14-17-12-25-26(2)13-17/h3-4,11-13,15H,5-10,14H2,1-2H3. The van der Waals surface area contributed by atoms with E-state index in [1.807, 2.05) is 30.4 Å². The lowest BCUT2D eigenvalue weighted by Gasteiger charge is -2.45. The summed E-state index contributed by atoms with van der Waals surface area (Å²) in [6, 6.07) is 6.28. The van der Waals surface area contributed by atoms with Crippen LogP contribution in [0.15, 0.2) is 41.4 Å². The second-order valence-electron chi connectivity index (χ2n) is 8.27. The van der Waals surface area contributed by atoms with Gasteiger partial charge >= 0.3 is 0 Å². The lowest BCUT2D eigenvalue weighted by Crippen LogP contribution is -2.48. The average Bonchev–Trinajstić information content (AvgIpc) is 3.40. The van der Waals surface area contributed by atoms with Crippen LogP contribution in [-0.2, 0) is 30.4 Å². The first-order valence-corrected chi connectivity index (χ1v) is 10.6. The Hall–Kier alpha value is -3.13. The number of carbonyl (C=O) groups is 1. The van der Waals surface area contributed by atoms with Crippen molar-refractivity contribution in [3.63, 3.8) is 0 Å². The minimum atomic E-state index is -0.342. The summed E-state index contributed by atoms with van der Waals surface area (Å²) < 4.78 is 19.3. The number of rotatable bonds is 4. The fourth-order valence-corrected chi connectivity index (χ4v) is 4.60. The molecule has 1 spiro atoms. The van der Waals surface area contributed by atoms with Crippen LogP contribution in [0, 0.1) is 6.92 Å². The van der Waals surface area contributed by atoms with Gasteiger partial charge in [-0.3, -0.25) is 9.48 Å². The maximum absolute atomic E-state index is 12.8. The summed E-state index contributed by atoms with van der Waals surface area (Å²) in [6.45, 7) is 4.19. The number of carbonyl (C=O) groups excluding carboxylic acids is 1. The largest absolute Gasteiger partial charge is 0.489 e. The number of hydrogen-bond acceptors (Lipinski definition) is 6. The molecule has 0 N–H and O–H groups in total. The number of oxazole rings is 1. The lowest BCUT2D eigenvalue weighted by atomic mass is 9.79. The maximum Gasteiger partial charge on any atom is 0.276 e. The molecule has 2 aliphatic rings. The van der Waals surface area contributed by atoms with Gasteiger partial charge in [0.2, 0.25) is 0 Å². The van der Waals surface area contributed by atoms with Crippen molar-refractivity contribution in [2.24, 2.45) is 7.05 Å². The van der Waals surface area contributed by atoms with Crippen molar-refractivity contribution in [2.75, 3.05) is 19.7 Å². The first-order chi connectivity index (χ1) is 15.0. The Morgan fingerprint density at radius 2 is 2.13 bits per heavy atom. The van der Waals surface area contributed by atoms with E-state index in [2.05, 4.69) is 22.2 Å². The molecular weight excluding hydrogens is 396 g/mol. The molecule has 8 heteroatoms. The van der Waals surface area contributed by atoms with Crippen molar-refractivity contribution in [3.05, 3.63) is 65.1 Å². The average molecular weight is 422 g/mol. The third-order valence-corrected chi connectivity index (χ3v) is 6.29. The third-order valence-electron chi connectivity index (χ3n) is 6.29. The Morgan fingerprint density at radius 1 is 1.29 bits per heavy atom. The summed E-state index contributed by atoms with van der Waals surface area (Å²) in [5.41, 5.74) is 3.58. The number of benzene rings is 1. The molecule has 1 saturated heterocycles. The van der Waals surface area contributed by atoms with Gasteiger partial charge in [-0.15, -0.1) is 0 Å². The summed E-state index contributed by atoms with van der Waals surface area (Å²) >= 11 is 0. The Kier molecular flexibility index (Phi) is 5.02. The van der Waals surface area contributed by atoms with Gasteiger partial charge in [-0.25, -0.2) is 4.98 Å². The zero-order valence-electron chi connectivity index (χ0n) is 17.8. The Bertz CT molecular complexity index is 1090. The minimum Gasteiger partial charge on any atom is -0.489 e. The predicted octanol–water partition coefficient (Wildman–Crippen LogP) is 3.00. The van der Waals surface area contributed by atoms with Gasteiger partial charge in [0.05, 0.1) is 18.4 Å². The topological polar surface area (TPSA) is 82.6 Å². The van der Waals surface area contributed by atoms with E-state index in [1.165, 1.54) is 17.5 Å². The van der Waals surface area contributed by atoms with E-state index in [0.717, 1.165) is 30.6 Å². The second-order valence-corrected chi connectivity index (χ2v) is 8.27. The molecule has 0 radical (unpaired) electrons. The molecule has 0 unspecified atom stereocenters. The maximum atomic E-state index is 12.8. The summed E-state index contributed by atoms with van der Waals surface area (Å²) in [4.78, 5) is 18.7. The Morgan fingerprint density at radius 3 is 2.84 bits per heavy atom. The summed E-state index contributed by atoms with van der Waals surface area (Å²) in [6.07, 6.45) is 7.48. The normalized spacial score (nSPS) is 17.5. The summed E-state index contributed by atoms with van der Waals surface area (Å²) in [5, 5.41) is 4.18. The number of piperidine rings is 1. The number of hydrogen-bond donors (Lipinski definition) is 0. The molecule has 2 aromatic heterocycles. The smallest absolute Gasteiger partial charge is 0.276 e. The molecule has 0 atom stereocenters. The molecule has 3 aromatic rings. The van der Waals surface area contributed by atoms with Crippen LogP contribution in [0.2, 0.25) is 0 Å². The molecule has 1 fully saturated rings. The molecule has 162 valence electrons. The number of aryl methyl sites for hydroxylation is 2. The number of likely N-dealkylation sites (tertiary alicyclic amines) is 1. The fourth-order valence-electron chi connectivity index (χ4n) is 4.60. The van der Waals surface area contributed by atoms with Gasteiger partial charge in [-0.1, -0.05) is 6.07 Å². The Balaban J connectivity index is 1.29. The van der Waals surface area contributed by atoms with Crippen LogP contribution in [0.1, 0.15) is 45.8 Å². The van der Waals surface area contributed by atoms with Crippen molar-refractivity contribution < 1.29 is 18.7 Å². The summed E-state index contributed by atoms with van der Waals surface area (Å²) in [7, 11) is 1.90. The molecule has 1 amide bonds. The van der Waals surface area contributed by atoms with Gasteiger partial charge in [-0.05, 0) is 49.4 Å². The fraction of sp³-hybridized carbons (Fsp3) is 0.435. The monoisotopic (exact) mass is 422 g/mol. The van der Waals surface area contributed by atoms with Gasteiger partial charge < -0.3 is 18.8 Å². The number of fused-ring (bicyclic) bond motifs is 2. The molecular formula is C23H26N4O4. The number of ether oxygens (including phenoxy) is 2. The van der Waals surface area contributed by atoms with E-state index >= 15 is 0 Å². The molecule has 1 aromatic carbocycles. The van der Waals surface area contributed by atoms with E-state index in [9.17, 15) is 4.79 Å². The van der Waals surface area contributed by atoms with E-state index < -0.39 is 0 Å². The second kappa shape index (κ2) is 7.85. The lowest BCUT2D eigenvalue weighted by molar-refractivity contribution is -0.0936. The highest BCUT2D eigenvalue weighted by Crippen LogP contribution is 2.42. The van der Waals surface area contributed by atoms with Crippen molar-refractivity contribution in [3.8, 4) is 5.75 Å². The molecule has 0 bridgehead atoms. The molecule has 0 aliphatic carbocycles. The molecule has 4 heterocycles. The summed E-state index contributed by atoms with van der Waals surface area (Å²) in [5.74, 6) is 1.34. The van der Waals surface area contributed by atoms with Crippen LogP contribution in [0.3, 0.4) is 0 Å². The van der Waals surface area contributed by atoms with Gasteiger partial charge in [0.15, 0.2) is 12.1 Å².